The van der Waals surface area contributed by atoms with Crippen LogP contribution in [0.2, 0.25) is 0 Å². The van der Waals surface area contributed by atoms with Gasteiger partial charge in [-0.3, -0.25) is 0 Å². The molecule has 0 aromatic heterocycles. The van der Waals surface area contributed by atoms with Crippen LogP contribution in [0.1, 0.15) is 31.9 Å². The van der Waals surface area contributed by atoms with Crippen molar-refractivity contribution in [1.82, 2.24) is 5.32 Å². The second-order valence-corrected chi connectivity index (χ2v) is 7.52. The fraction of sp³-hybridized carbons (Fsp3) is 0.529. The van der Waals surface area contributed by atoms with Gasteiger partial charge < -0.3 is 19.5 Å². The molecule has 0 bridgehead atoms. The van der Waals surface area contributed by atoms with E-state index in [1.54, 1.807) is 27.9 Å². The third-order valence-corrected chi connectivity index (χ3v) is 3.91. The highest BCUT2D eigenvalue weighted by Gasteiger charge is 2.25. The minimum absolute atomic E-state index is 0.298. The number of nitrogens with one attached hydrogen (secondary N) is 1. The quantitative estimate of drug-likeness (QED) is 0.552. The molecule has 0 aliphatic rings. The van der Waals surface area contributed by atoms with E-state index in [-0.39, 0.29) is 0 Å². The third kappa shape index (κ3) is 6.18. The van der Waals surface area contributed by atoms with Gasteiger partial charge in [0.1, 0.15) is 17.4 Å². The van der Waals surface area contributed by atoms with Gasteiger partial charge in [0.15, 0.2) is 0 Å². The summed E-state index contributed by atoms with van der Waals surface area (Å²) in [5.41, 5.74) is 1.21. The molecule has 1 rings (SSSR count). The average Bonchev–Trinajstić information content (AvgIpc) is 2.43. The summed E-state index contributed by atoms with van der Waals surface area (Å²) >= 11 is 2.18. The van der Waals surface area contributed by atoms with Crippen LogP contribution < -0.4 is 10.1 Å². The highest BCUT2D eigenvalue weighted by Crippen LogP contribution is 2.27. The number of hydrogen-bond donors (Lipinski definition) is 1. The summed E-state index contributed by atoms with van der Waals surface area (Å²) in [4.78, 5) is 23.9. The molecular weight excluding hydrogens is 425 g/mol. The Hall–Kier alpha value is -1.51. The van der Waals surface area contributed by atoms with Gasteiger partial charge in [-0.2, -0.15) is 0 Å². The first kappa shape index (κ1) is 20.5. The van der Waals surface area contributed by atoms with Gasteiger partial charge >= 0.3 is 12.1 Å². The Morgan fingerprint density at radius 3 is 2.33 bits per heavy atom. The molecule has 0 aliphatic heterocycles. The second-order valence-electron chi connectivity index (χ2n) is 6.35. The van der Waals surface area contributed by atoms with Crippen LogP contribution in [0, 0.1) is 10.5 Å². The molecule has 1 aromatic carbocycles. The highest BCUT2D eigenvalue weighted by molar-refractivity contribution is 14.1. The van der Waals surface area contributed by atoms with Crippen LogP contribution in [-0.4, -0.2) is 37.9 Å². The number of alkyl carbamates (subject to hydrolysis) is 1. The fourth-order valence-electron chi connectivity index (χ4n) is 2.20. The van der Waals surface area contributed by atoms with E-state index in [0.29, 0.717) is 6.42 Å². The predicted molar refractivity (Wildman–Crippen MR) is 99.3 cm³/mol. The number of rotatable bonds is 5. The molecule has 134 valence electrons. The Morgan fingerprint density at radius 1 is 1.25 bits per heavy atom. The molecule has 0 fully saturated rings. The molecule has 1 aromatic rings. The molecule has 0 unspecified atom stereocenters. The van der Waals surface area contributed by atoms with Crippen LogP contribution >= 0.6 is 22.6 Å². The van der Waals surface area contributed by atoms with Crippen molar-refractivity contribution in [2.24, 2.45) is 0 Å². The lowest BCUT2D eigenvalue weighted by Gasteiger charge is -2.23. The van der Waals surface area contributed by atoms with E-state index < -0.39 is 23.7 Å². The average molecular weight is 449 g/mol. The summed E-state index contributed by atoms with van der Waals surface area (Å²) in [6, 6.07) is 3.01. The van der Waals surface area contributed by atoms with Gasteiger partial charge in [-0.1, -0.05) is 6.07 Å². The van der Waals surface area contributed by atoms with E-state index >= 15 is 0 Å². The molecule has 1 amide bonds. The molecule has 0 saturated carbocycles. The Labute approximate surface area is 156 Å². The normalized spacial score (nSPS) is 12.3. The molecule has 0 saturated heterocycles. The molecule has 0 heterocycles. The van der Waals surface area contributed by atoms with Gasteiger partial charge in [0.2, 0.25) is 0 Å². The largest absolute Gasteiger partial charge is 0.495 e. The van der Waals surface area contributed by atoms with Crippen molar-refractivity contribution in [1.29, 1.82) is 0 Å². The van der Waals surface area contributed by atoms with Crippen molar-refractivity contribution in [3.8, 4) is 5.75 Å². The number of carbonyl (C=O) groups excluding carboxylic acids is 2. The van der Waals surface area contributed by atoms with Gasteiger partial charge in [-0.15, -0.1) is 0 Å². The zero-order valence-corrected chi connectivity index (χ0v) is 17.0. The monoisotopic (exact) mass is 449 g/mol. The standard InChI is InChI=1S/C17H24INO5/c1-10-7-11(8-12(18)14(10)22-5)9-13(15(20)23-6)19-16(21)24-17(2,3)4/h7-8,13H,9H2,1-6H3,(H,19,21)/t13-/m0/s1. The van der Waals surface area contributed by atoms with Gasteiger partial charge in [0, 0.05) is 6.42 Å². The SMILES string of the molecule is COC(=O)[C@H](Cc1cc(C)c(OC)c(I)c1)NC(=O)OC(C)(C)C. The number of aryl methyl sites for hydroxylation is 1. The zero-order chi connectivity index (χ0) is 18.5. The number of benzene rings is 1. The number of carbonyl (C=O) groups is 2. The van der Waals surface area contributed by atoms with Crippen LogP contribution in [0.3, 0.4) is 0 Å². The predicted octanol–water partition coefficient (Wildman–Crippen LogP) is 3.22. The molecule has 6 nitrogen and oxygen atoms in total. The fourth-order valence-corrected chi connectivity index (χ4v) is 3.24. The topological polar surface area (TPSA) is 73.9 Å². The van der Waals surface area contributed by atoms with Crippen molar-refractivity contribution in [2.45, 2.75) is 45.8 Å². The minimum atomic E-state index is -0.826. The van der Waals surface area contributed by atoms with Gasteiger partial charge in [-0.25, -0.2) is 9.59 Å². The molecule has 1 atom stereocenters. The number of ether oxygens (including phenoxy) is 3. The number of hydrogen-bond acceptors (Lipinski definition) is 5. The van der Waals surface area contributed by atoms with Crippen LogP contribution in [0.5, 0.6) is 5.75 Å². The Kier molecular flexibility index (Phi) is 7.31. The van der Waals surface area contributed by atoms with E-state index in [2.05, 4.69) is 27.9 Å². The summed E-state index contributed by atoms with van der Waals surface area (Å²) in [7, 11) is 2.90. The number of methoxy groups -OCH3 is 2. The zero-order valence-electron chi connectivity index (χ0n) is 14.9. The lowest BCUT2D eigenvalue weighted by Crippen LogP contribution is -2.45. The molecule has 7 heteroatoms. The van der Waals surface area contributed by atoms with Gasteiger partial charge in [0.05, 0.1) is 17.8 Å². The first-order valence-corrected chi connectivity index (χ1v) is 8.55. The summed E-state index contributed by atoms with van der Waals surface area (Å²) in [6.45, 7) is 7.21. The van der Waals surface area contributed by atoms with Crippen molar-refractivity contribution in [3.63, 3.8) is 0 Å². The first-order chi connectivity index (χ1) is 11.1. The van der Waals surface area contributed by atoms with E-state index in [4.69, 9.17) is 14.2 Å². The molecule has 1 N–H and O–H groups in total. The number of amides is 1. The highest BCUT2D eigenvalue weighted by atomic mass is 127. The lowest BCUT2D eigenvalue weighted by molar-refractivity contribution is -0.143. The first-order valence-electron chi connectivity index (χ1n) is 7.47. The Bertz CT molecular complexity index is 586. The van der Waals surface area contributed by atoms with E-state index in [1.165, 1.54) is 7.11 Å². The molecule has 0 spiro atoms. The van der Waals surface area contributed by atoms with E-state index in [9.17, 15) is 9.59 Å². The summed E-state index contributed by atoms with van der Waals surface area (Å²) in [6.07, 6.45) is -0.356. The maximum absolute atomic E-state index is 12.0. The van der Waals surface area contributed by atoms with E-state index in [0.717, 1.165) is 20.4 Å². The lowest BCUT2D eigenvalue weighted by atomic mass is 10.0. The van der Waals surface area contributed by atoms with Crippen LogP contribution in [0.25, 0.3) is 0 Å². The van der Waals surface area contributed by atoms with Crippen molar-refractivity contribution >= 4 is 34.7 Å². The van der Waals surface area contributed by atoms with Crippen molar-refractivity contribution in [3.05, 3.63) is 26.8 Å². The van der Waals surface area contributed by atoms with Crippen molar-refractivity contribution in [2.75, 3.05) is 14.2 Å². The Morgan fingerprint density at radius 2 is 1.88 bits per heavy atom. The number of esters is 1. The second kappa shape index (κ2) is 8.55. The Balaban J connectivity index is 2.95. The van der Waals surface area contributed by atoms with Crippen LogP contribution in [0.15, 0.2) is 12.1 Å². The summed E-state index contributed by atoms with van der Waals surface area (Å²) < 4.78 is 16.3. The number of halogens is 1. The summed E-state index contributed by atoms with van der Waals surface area (Å²) in [5, 5.41) is 2.57. The smallest absolute Gasteiger partial charge is 0.408 e. The minimum Gasteiger partial charge on any atom is -0.495 e. The molecular formula is C17H24INO5. The maximum Gasteiger partial charge on any atom is 0.408 e. The van der Waals surface area contributed by atoms with Crippen LogP contribution in [-0.2, 0) is 20.7 Å². The summed E-state index contributed by atoms with van der Waals surface area (Å²) in [5.74, 6) is 0.276. The third-order valence-electron chi connectivity index (χ3n) is 3.11. The van der Waals surface area contributed by atoms with Crippen LogP contribution in [0.4, 0.5) is 4.79 Å². The molecule has 0 aliphatic carbocycles. The van der Waals surface area contributed by atoms with Gasteiger partial charge in [-0.05, 0) is 67.5 Å². The molecule has 0 radical (unpaired) electrons. The molecule has 24 heavy (non-hydrogen) atoms. The van der Waals surface area contributed by atoms with E-state index in [1.807, 2.05) is 19.1 Å². The maximum atomic E-state index is 12.0. The van der Waals surface area contributed by atoms with Crippen molar-refractivity contribution < 1.29 is 23.8 Å². The van der Waals surface area contributed by atoms with Gasteiger partial charge in [0.25, 0.3) is 0 Å².